The highest BCUT2D eigenvalue weighted by Crippen LogP contribution is 2.34. The molecule has 0 saturated heterocycles. The number of halogens is 1. The van der Waals surface area contributed by atoms with Crippen molar-refractivity contribution in [2.45, 2.75) is 13.0 Å². The number of aromatic nitrogens is 1. The van der Waals surface area contributed by atoms with Crippen LogP contribution < -0.4 is 26.4 Å². The van der Waals surface area contributed by atoms with E-state index in [1.165, 1.54) is 5.56 Å². The quantitative estimate of drug-likeness (QED) is 0.632. The first-order valence-electron chi connectivity index (χ1n) is 7.39. The smallest absolute Gasteiger partial charge is 0.180 e. The van der Waals surface area contributed by atoms with E-state index in [0.717, 1.165) is 35.2 Å². The molecule has 2 aromatic carbocycles. The molecule has 0 fully saturated rings. The number of rotatable bonds is 5. The van der Waals surface area contributed by atoms with Crippen LogP contribution in [0, 0.1) is 0 Å². The predicted molar refractivity (Wildman–Crippen MR) is 87.4 cm³/mol. The summed E-state index contributed by atoms with van der Waals surface area (Å²) in [5.41, 5.74) is 1.34. The Kier molecular flexibility index (Phi) is 5.83. The highest BCUT2D eigenvalue weighted by molar-refractivity contribution is 5.89. The zero-order chi connectivity index (χ0) is 15.4. The summed E-state index contributed by atoms with van der Waals surface area (Å²) in [4.78, 5) is 0. The maximum Gasteiger partial charge on any atom is 0.180 e. The Morgan fingerprint density at radius 2 is 1.70 bits per heavy atom. The number of aryl methyl sites for hydroxylation is 2. The second kappa shape index (κ2) is 7.84. The van der Waals surface area contributed by atoms with E-state index < -0.39 is 0 Å². The highest BCUT2D eigenvalue weighted by atomic mass is 35.5. The van der Waals surface area contributed by atoms with Gasteiger partial charge < -0.3 is 21.9 Å². The molecular formula is C19H20ClNO2. The van der Waals surface area contributed by atoms with Gasteiger partial charge in [0.25, 0.3) is 0 Å². The zero-order valence-electron chi connectivity index (χ0n) is 13.3. The van der Waals surface area contributed by atoms with Crippen LogP contribution in [0.2, 0.25) is 0 Å². The molecule has 4 heteroatoms. The molecule has 0 unspecified atom stereocenters. The fourth-order valence-corrected chi connectivity index (χ4v) is 2.67. The molecule has 0 bridgehead atoms. The lowest BCUT2D eigenvalue weighted by Gasteiger charge is -2.09. The number of nitrogens with zero attached hydrogens (tertiary/aromatic N) is 1. The van der Waals surface area contributed by atoms with Crippen molar-refractivity contribution in [1.29, 1.82) is 0 Å². The number of pyridine rings is 1. The molecule has 0 N–H and O–H groups in total. The second-order valence-electron chi connectivity index (χ2n) is 5.22. The van der Waals surface area contributed by atoms with E-state index in [1.807, 2.05) is 12.1 Å². The Hall–Kier alpha value is -2.26. The number of hydrogen-bond acceptors (Lipinski definition) is 2. The van der Waals surface area contributed by atoms with Gasteiger partial charge in [-0.15, -0.1) is 0 Å². The topological polar surface area (TPSA) is 22.3 Å². The SMILES string of the molecule is COc1ccc2cc[n+](CCc3ccccc3)cc2c1OC.[Cl-]. The summed E-state index contributed by atoms with van der Waals surface area (Å²) in [5, 5.41) is 2.21. The van der Waals surface area contributed by atoms with Crippen LogP contribution in [0.3, 0.4) is 0 Å². The van der Waals surface area contributed by atoms with Crippen molar-refractivity contribution in [2.24, 2.45) is 0 Å². The van der Waals surface area contributed by atoms with Gasteiger partial charge >= 0.3 is 0 Å². The lowest BCUT2D eigenvalue weighted by atomic mass is 10.1. The first kappa shape index (κ1) is 17.1. The molecule has 0 spiro atoms. The van der Waals surface area contributed by atoms with E-state index in [4.69, 9.17) is 9.47 Å². The standard InChI is InChI=1S/C19H20NO2.ClH/c1-21-18-9-8-16-11-13-20(14-17(16)19(18)22-2)12-10-15-6-4-3-5-7-15;/h3-9,11,13-14H,10,12H2,1-2H3;1H/q+1;/p-1. The molecule has 0 aliphatic carbocycles. The van der Waals surface area contributed by atoms with Crippen molar-refractivity contribution >= 4 is 10.8 Å². The van der Waals surface area contributed by atoms with Crippen LogP contribution >= 0.6 is 0 Å². The van der Waals surface area contributed by atoms with Crippen LogP contribution in [0.4, 0.5) is 0 Å². The molecule has 0 aliphatic heterocycles. The van der Waals surface area contributed by atoms with Crippen molar-refractivity contribution in [3.63, 3.8) is 0 Å². The molecule has 23 heavy (non-hydrogen) atoms. The number of benzene rings is 2. The third-order valence-electron chi connectivity index (χ3n) is 3.86. The molecule has 3 nitrogen and oxygen atoms in total. The monoisotopic (exact) mass is 329 g/mol. The fourth-order valence-electron chi connectivity index (χ4n) is 2.67. The minimum atomic E-state index is 0. The van der Waals surface area contributed by atoms with Crippen LogP contribution in [-0.4, -0.2) is 14.2 Å². The van der Waals surface area contributed by atoms with Gasteiger partial charge in [0.05, 0.1) is 19.6 Å². The molecule has 0 radical (unpaired) electrons. The Morgan fingerprint density at radius 1 is 0.913 bits per heavy atom. The van der Waals surface area contributed by atoms with Crippen LogP contribution in [0.15, 0.2) is 60.9 Å². The van der Waals surface area contributed by atoms with Gasteiger partial charge in [-0.3, -0.25) is 0 Å². The molecule has 3 aromatic rings. The van der Waals surface area contributed by atoms with Crippen molar-refractivity contribution in [3.05, 3.63) is 66.5 Å². The van der Waals surface area contributed by atoms with E-state index in [1.54, 1.807) is 14.2 Å². The van der Waals surface area contributed by atoms with Crippen molar-refractivity contribution in [1.82, 2.24) is 0 Å². The minimum Gasteiger partial charge on any atom is -1.00 e. The number of methoxy groups -OCH3 is 2. The summed E-state index contributed by atoms with van der Waals surface area (Å²) in [6.45, 7) is 0.931. The van der Waals surface area contributed by atoms with Gasteiger partial charge in [-0.2, -0.15) is 0 Å². The second-order valence-corrected chi connectivity index (χ2v) is 5.22. The van der Waals surface area contributed by atoms with Gasteiger partial charge in [-0.1, -0.05) is 30.3 Å². The molecule has 0 aliphatic rings. The lowest BCUT2D eigenvalue weighted by molar-refractivity contribution is -0.695. The Morgan fingerprint density at radius 3 is 2.39 bits per heavy atom. The van der Waals surface area contributed by atoms with Crippen LogP contribution in [0.1, 0.15) is 5.56 Å². The van der Waals surface area contributed by atoms with Gasteiger partial charge in [-0.25, -0.2) is 4.57 Å². The Bertz CT molecular complexity index is 775. The van der Waals surface area contributed by atoms with E-state index in [2.05, 4.69) is 53.4 Å². The summed E-state index contributed by atoms with van der Waals surface area (Å²) >= 11 is 0. The van der Waals surface area contributed by atoms with Gasteiger partial charge in [0.15, 0.2) is 30.4 Å². The van der Waals surface area contributed by atoms with Gasteiger partial charge in [0.1, 0.15) is 0 Å². The van der Waals surface area contributed by atoms with Gasteiger partial charge in [-0.05, 0) is 23.1 Å². The van der Waals surface area contributed by atoms with Crippen LogP contribution in [0.5, 0.6) is 11.5 Å². The van der Waals surface area contributed by atoms with E-state index in [9.17, 15) is 0 Å². The molecule has 0 atom stereocenters. The molecule has 1 heterocycles. The summed E-state index contributed by atoms with van der Waals surface area (Å²) < 4.78 is 13.1. The summed E-state index contributed by atoms with van der Waals surface area (Å²) in [7, 11) is 3.34. The lowest BCUT2D eigenvalue weighted by Crippen LogP contribution is -3.00. The maximum atomic E-state index is 5.53. The van der Waals surface area contributed by atoms with E-state index >= 15 is 0 Å². The van der Waals surface area contributed by atoms with E-state index in [-0.39, 0.29) is 12.4 Å². The fraction of sp³-hybridized carbons (Fsp3) is 0.211. The van der Waals surface area contributed by atoms with Gasteiger partial charge in [0.2, 0.25) is 0 Å². The third kappa shape index (κ3) is 3.74. The van der Waals surface area contributed by atoms with Crippen molar-refractivity contribution in [2.75, 3.05) is 14.2 Å². The number of hydrogen-bond donors (Lipinski definition) is 0. The minimum absolute atomic E-state index is 0. The Labute approximate surface area is 142 Å². The Balaban J connectivity index is 0.00000192. The molecule has 0 amide bonds. The highest BCUT2D eigenvalue weighted by Gasteiger charge is 2.12. The summed E-state index contributed by atoms with van der Waals surface area (Å²) in [5.74, 6) is 1.55. The van der Waals surface area contributed by atoms with Gasteiger partial charge in [0, 0.05) is 12.5 Å². The largest absolute Gasteiger partial charge is 1.00 e. The molecule has 0 saturated carbocycles. The maximum absolute atomic E-state index is 5.53. The first-order chi connectivity index (χ1) is 10.8. The normalized spacial score (nSPS) is 10.2. The molecule has 1 aromatic heterocycles. The molecule has 120 valence electrons. The number of fused-ring (bicyclic) bond motifs is 1. The van der Waals surface area contributed by atoms with Crippen LogP contribution in [0.25, 0.3) is 10.8 Å². The predicted octanol–water partition coefficient (Wildman–Crippen LogP) is 0.391. The first-order valence-corrected chi connectivity index (χ1v) is 7.39. The zero-order valence-corrected chi connectivity index (χ0v) is 14.1. The summed E-state index contributed by atoms with van der Waals surface area (Å²) in [6, 6.07) is 16.6. The van der Waals surface area contributed by atoms with Crippen molar-refractivity contribution < 1.29 is 26.4 Å². The molecular weight excluding hydrogens is 310 g/mol. The summed E-state index contributed by atoms with van der Waals surface area (Å²) in [6.07, 6.45) is 5.24. The van der Waals surface area contributed by atoms with Crippen molar-refractivity contribution in [3.8, 4) is 11.5 Å². The number of ether oxygens (including phenoxy) is 2. The average molecular weight is 330 g/mol. The van der Waals surface area contributed by atoms with Crippen LogP contribution in [-0.2, 0) is 13.0 Å². The molecule has 3 rings (SSSR count). The van der Waals surface area contributed by atoms with E-state index in [0.29, 0.717) is 0 Å². The average Bonchev–Trinajstić information content (AvgIpc) is 2.59. The third-order valence-corrected chi connectivity index (χ3v) is 3.86.